The van der Waals surface area contributed by atoms with Gasteiger partial charge in [0, 0.05) is 0 Å². The van der Waals surface area contributed by atoms with Crippen molar-refractivity contribution in [3.63, 3.8) is 0 Å². The van der Waals surface area contributed by atoms with Gasteiger partial charge in [0.05, 0.1) is 6.04 Å². The summed E-state index contributed by atoms with van der Waals surface area (Å²) in [5, 5.41) is 0. The lowest BCUT2D eigenvalue weighted by atomic mass is 9.86. The molecule has 0 amide bonds. The van der Waals surface area contributed by atoms with E-state index in [1.165, 1.54) is 5.56 Å². The van der Waals surface area contributed by atoms with Crippen molar-refractivity contribution >= 4 is 0 Å². The zero-order chi connectivity index (χ0) is 10.2. The van der Waals surface area contributed by atoms with E-state index < -0.39 is 0 Å². The molecule has 0 spiro atoms. The summed E-state index contributed by atoms with van der Waals surface area (Å²) in [6, 6.07) is 2.01. The first-order valence-electron chi connectivity index (χ1n) is 4.65. The Kier molecular flexibility index (Phi) is 2.53. The average Bonchev–Trinajstić information content (AvgIpc) is 2.29. The zero-order valence-electron chi connectivity index (χ0n) is 9.14. The molecule has 13 heavy (non-hydrogen) atoms. The molecule has 0 radical (unpaired) electrons. The van der Waals surface area contributed by atoms with Crippen molar-refractivity contribution in [1.29, 1.82) is 0 Å². The first kappa shape index (κ1) is 10.3. The molecule has 2 heteroatoms. The minimum atomic E-state index is -0.0279. The van der Waals surface area contributed by atoms with Gasteiger partial charge in [-0.25, -0.2) is 0 Å². The number of aryl methyl sites for hydroxylation is 2. The molecule has 0 bridgehead atoms. The highest BCUT2D eigenvalue weighted by Gasteiger charge is 2.25. The number of furan rings is 1. The summed E-state index contributed by atoms with van der Waals surface area (Å²) in [5.41, 5.74) is 7.29. The van der Waals surface area contributed by atoms with Gasteiger partial charge in [0.15, 0.2) is 0 Å². The van der Waals surface area contributed by atoms with Gasteiger partial charge in [-0.15, -0.1) is 0 Å². The van der Waals surface area contributed by atoms with Crippen LogP contribution >= 0.6 is 0 Å². The average molecular weight is 181 g/mol. The smallest absolute Gasteiger partial charge is 0.121 e. The molecule has 0 aromatic carbocycles. The minimum absolute atomic E-state index is 0.0279. The SMILES string of the molecule is Cc1cc([C@@H](N)C(C)(C)C)oc1C. The van der Waals surface area contributed by atoms with E-state index in [-0.39, 0.29) is 11.5 Å². The molecule has 1 rings (SSSR count). The van der Waals surface area contributed by atoms with Gasteiger partial charge in [0.1, 0.15) is 11.5 Å². The summed E-state index contributed by atoms with van der Waals surface area (Å²) in [6.07, 6.45) is 0. The van der Waals surface area contributed by atoms with Crippen LogP contribution in [0.1, 0.15) is 43.9 Å². The summed E-state index contributed by atoms with van der Waals surface area (Å²) in [5.74, 6) is 1.86. The van der Waals surface area contributed by atoms with Gasteiger partial charge in [-0.1, -0.05) is 20.8 Å². The zero-order valence-corrected chi connectivity index (χ0v) is 9.14. The van der Waals surface area contributed by atoms with Crippen LogP contribution in [0.4, 0.5) is 0 Å². The van der Waals surface area contributed by atoms with Gasteiger partial charge in [-0.3, -0.25) is 0 Å². The van der Waals surface area contributed by atoms with E-state index in [2.05, 4.69) is 20.8 Å². The second-order valence-electron chi connectivity index (χ2n) is 4.73. The fourth-order valence-corrected chi connectivity index (χ4v) is 1.18. The fourth-order valence-electron chi connectivity index (χ4n) is 1.18. The predicted octanol–water partition coefficient (Wildman–Crippen LogP) is 2.94. The Bertz CT molecular complexity index is 274. The summed E-state index contributed by atoms with van der Waals surface area (Å²) in [7, 11) is 0. The first-order valence-corrected chi connectivity index (χ1v) is 4.65. The molecular weight excluding hydrogens is 162 g/mol. The van der Waals surface area contributed by atoms with Crippen molar-refractivity contribution in [1.82, 2.24) is 0 Å². The van der Waals surface area contributed by atoms with Gasteiger partial charge >= 0.3 is 0 Å². The summed E-state index contributed by atoms with van der Waals surface area (Å²) in [4.78, 5) is 0. The Morgan fingerprint density at radius 1 is 1.31 bits per heavy atom. The van der Waals surface area contributed by atoms with Gasteiger partial charge in [0.25, 0.3) is 0 Å². The van der Waals surface area contributed by atoms with Crippen LogP contribution in [0.25, 0.3) is 0 Å². The molecule has 1 heterocycles. The third-order valence-electron chi connectivity index (χ3n) is 2.42. The molecule has 1 aromatic heterocycles. The lowest BCUT2D eigenvalue weighted by Gasteiger charge is -2.24. The molecule has 2 N–H and O–H groups in total. The molecule has 0 aliphatic rings. The lowest BCUT2D eigenvalue weighted by Crippen LogP contribution is -2.25. The van der Waals surface area contributed by atoms with Gasteiger partial charge in [0.2, 0.25) is 0 Å². The molecule has 0 aliphatic heterocycles. The van der Waals surface area contributed by atoms with Crippen LogP contribution in [0.2, 0.25) is 0 Å². The predicted molar refractivity (Wildman–Crippen MR) is 54.6 cm³/mol. The van der Waals surface area contributed by atoms with Crippen molar-refractivity contribution in [3.8, 4) is 0 Å². The van der Waals surface area contributed by atoms with Gasteiger partial charge < -0.3 is 10.2 Å². The molecule has 0 saturated heterocycles. The third kappa shape index (κ3) is 2.13. The molecule has 1 atom stereocenters. The van der Waals surface area contributed by atoms with Crippen LogP contribution in [0, 0.1) is 19.3 Å². The second kappa shape index (κ2) is 3.18. The molecule has 0 saturated carbocycles. The maximum Gasteiger partial charge on any atom is 0.121 e. The molecule has 2 nitrogen and oxygen atoms in total. The highest BCUT2D eigenvalue weighted by Crippen LogP contribution is 2.32. The maximum atomic E-state index is 6.06. The highest BCUT2D eigenvalue weighted by atomic mass is 16.3. The van der Waals surface area contributed by atoms with Crippen molar-refractivity contribution < 1.29 is 4.42 Å². The van der Waals surface area contributed by atoms with E-state index >= 15 is 0 Å². The van der Waals surface area contributed by atoms with Crippen LogP contribution < -0.4 is 5.73 Å². The molecule has 1 aromatic rings. The van der Waals surface area contributed by atoms with Gasteiger partial charge in [-0.2, -0.15) is 0 Å². The van der Waals surface area contributed by atoms with Gasteiger partial charge in [-0.05, 0) is 30.9 Å². The van der Waals surface area contributed by atoms with Crippen molar-refractivity contribution in [2.75, 3.05) is 0 Å². The first-order chi connectivity index (χ1) is 5.82. The summed E-state index contributed by atoms with van der Waals surface area (Å²) in [6.45, 7) is 10.4. The topological polar surface area (TPSA) is 39.2 Å². The third-order valence-corrected chi connectivity index (χ3v) is 2.42. The summed E-state index contributed by atoms with van der Waals surface area (Å²) >= 11 is 0. The molecule has 74 valence electrons. The van der Waals surface area contributed by atoms with Crippen LogP contribution in [0.15, 0.2) is 10.5 Å². The van der Waals surface area contributed by atoms with Crippen LogP contribution in [-0.4, -0.2) is 0 Å². The number of hydrogen-bond donors (Lipinski definition) is 1. The molecule has 0 aliphatic carbocycles. The van der Waals surface area contributed by atoms with Crippen LogP contribution in [-0.2, 0) is 0 Å². The Hall–Kier alpha value is -0.760. The Balaban J connectivity index is 2.96. The monoisotopic (exact) mass is 181 g/mol. The standard InChI is InChI=1S/C11H19NO/c1-7-6-9(13-8(7)2)10(12)11(3,4)5/h6,10H,12H2,1-5H3/t10-/m1/s1. The Morgan fingerprint density at radius 3 is 2.15 bits per heavy atom. The second-order valence-corrected chi connectivity index (χ2v) is 4.73. The lowest BCUT2D eigenvalue weighted by molar-refractivity contribution is 0.282. The van der Waals surface area contributed by atoms with E-state index in [9.17, 15) is 0 Å². The van der Waals surface area contributed by atoms with E-state index in [1.807, 2.05) is 19.9 Å². The van der Waals surface area contributed by atoms with E-state index in [0.29, 0.717) is 0 Å². The van der Waals surface area contributed by atoms with Crippen molar-refractivity contribution in [2.45, 2.75) is 40.7 Å². The van der Waals surface area contributed by atoms with Crippen LogP contribution in [0.3, 0.4) is 0 Å². The van der Waals surface area contributed by atoms with E-state index in [1.54, 1.807) is 0 Å². The quantitative estimate of drug-likeness (QED) is 0.723. The normalized spacial score (nSPS) is 14.6. The van der Waals surface area contributed by atoms with E-state index in [0.717, 1.165) is 11.5 Å². The molecule has 0 unspecified atom stereocenters. The maximum absolute atomic E-state index is 6.06. The molecular formula is C11H19NO. The number of rotatable bonds is 1. The van der Waals surface area contributed by atoms with E-state index in [4.69, 9.17) is 10.2 Å². The van der Waals surface area contributed by atoms with Crippen molar-refractivity contribution in [3.05, 3.63) is 23.2 Å². The molecule has 0 fully saturated rings. The Labute approximate surface area is 80.1 Å². The summed E-state index contributed by atoms with van der Waals surface area (Å²) < 4.78 is 5.58. The number of nitrogens with two attached hydrogens (primary N) is 1. The Morgan fingerprint density at radius 2 is 1.85 bits per heavy atom. The van der Waals surface area contributed by atoms with Crippen LogP contribution in [0.5, 0.6) is 0 Å². The number of hydrogen-bond acceptors (Lipinski definition) is 2. The largest absolute Gasteiger partial charge is 0.464 e. The minimum Gasteiger partial charge on any atom is -0.464 e. The fraction of sp³-hybridized carbons (Fsp3) is 0.636. The highest BCUT2D eigenvalue weighted by molar-refractivity contribution is 5.21. The van der Waals surface area contributed by atoms with Crippen molar-refractivity contribution in [2.24, 2.45) is 11.1 Å².